The highest BCUT2D eigenvalue weighted by molar-refractivity contribution is 9.10. The highest BCUT2D eigenvalue weighted by Crippen LogP contribution is 2.26. The molecule has 1 aromatic carbocycles. The Morgan fingerprint density at radius 1 is 1.19 bits per heavy atom. The van der Waals surface area contributed by atoms with Crippen LogP contribution in [0.25, 0.3) is 0 Å². The standard InChI is InChI=1S/C13H15BrClN5O/c1-3-4-16-12-18-11(15)19-13(20-12)17-9-5-8(14)6-10(7-9)21-2/h5-7H,3-4H2,1-2H3,(H2,16,17,18,19,20). The number of nitrogens with one attached hydrogen (secondary N) is 2. The topological polar surface area (TPSA) is 72.0 Å². The van der Waals surface area contributed by atoms with Crippen LogP contribution >= 0.6 is 27.5 Å². The predicted molar refractivity (Wildman–Crippen MR) is 87.6 cm³/mol. The second kappa shape index (κ2) is 7.42. The Balaban J connectivity index is 2.22. The van der Waals surface area contributed by atoms with Crippen LogP contribution in [-0.4, -0.2) is 28.6 Å². The highest BCUT2D eigenvalue weighted by Gasteiger charge is 2.06. The summed E-state index contributed by atoms with van der Waals surface area (Å²) in [5.74, 6) is 1.53. The van der Waals surface area contributed by atoms with Gasteiger partial charge in [-0.2, -0.15) is 15.0 Å². The monoisotopic (exact) mass is 371 g/mol. The van der Waals surface area contributed by atoms with Crippen molar-refractivity contribution in [2.24, 2.45) is 0 Å². The van der Waals surface area contributed by atoms with Gasteiger partial charge in [-0.1, -0.05) is 22.9 Å². The van der Waals surface area contributed by atoms with Crippen molar-refractivity contribution in [1.29, 1.82) is 0 Å². The minimum Gasteiger partial charge on any atom is -0.497 e. The largest absolute Gasteiger partial charge is 0.497 e. The van der Waals surface area contributed by atoms with Crippen LogP contribution in [0, 0.1) is 0 Å². The van der Waals surface area contributed by atoms with Crippen molar-refractivity contribution in [3.05, 3.63) is 28.0 Å². The Labute approximate surface area is 136 Å². The summed E-state index contributed by atoms with van der Waals surface area (Å²) in [5.41, 5.74) is 0.782. The zero-order chi connectivity index (χ0) is 15.2. The smallest absolute Gasteiger partial charge is 0.233 e. The van der Waals surface area contributed by atoms with E-state index in [2.05, 4.69) is 48.4 Å². The average molecular weight is 373 g/mol. The first-order chi connectivity index (χ1) is 10.1. The minimum atomic E-state index is 0.132. The molecule has 1 aromatic heterocycles. The van der Waals surface area contributed by atoms with Crippen molar-refractivity contribution in [2.45, 2.75) is 13.3 Å². The maximum absolute atomic E-state index is 5.91. The SMILES string of the molecule is CCCNc1nc(Cl)nc(Nc2cc(Br)cc(OC)c2)n1. The Morgan fingerprint density at radius 2 is 1.95 bits per heavy atom. The molecular weight excluding hydrogens is 358 g/mol. The van der Waals surface area contributed by atoms with Gasteiger partial charge in [0, 0.05) is 22.8 Å². The Hall–Kier alpha value is -1.60. The van der Waals surface area contributed by atoms with E-state index in [4.69, 9.17) is 16.3 Å². The summed E-state index contributed by atoms with van der Waals surface area (Å²) < 4.78 is 6.10. The number of benzene rings is 1. The highest BCUT2D eigenvalue weighted by atomic mass is 79.9. The van der Waals surface area contributed by atoms with Gasteiger partial charge in [0.25, 0.3) is 0 Å². The molecule has 2 aromatic rings. The van der Waals surface area contributed by atoms with Crippen molar-refractivity contribution in [3.63, 3.8) is 0 Å². The van der Waals surface area contributed by atoms with Gasteiger partial charge in [0.05, 0.1) is 7.11 Å². The van der Waals surface area contributed by atoms with E-state index in [1.54, 1.807) is 7.11 Å². The summed E-state index contributed by atoms with van der Waals surface area (Å²) in [6, 6.07) is 5.58. The lowest BCUT2D eigenvalue weighted by atomic mass is 10.3. The van der Waals surface area contributed by atoms with Gasteiger partial charge < -0.3 is 15.4 Å². The normalized spacial score (nSPS) is 10.3. The molecule has 0 spiro atoms. The Morgan fingerprint density at radius 3 is 2.67 bits per heavy atom. The lowest BCUT2D eigenvalue weighted by Gasteiger charge is -2.09. The van der Waals surface area contributed by atoms with Crippen LogP contribution in [0.3, 0.4) is 0 Å². The summed E-state index contributed by atoms with van der Waals surface area (Å²) in [6.45, 7) is 2.83. The first-order valence-electron chi connectivity index (χ1n) is 6.37. The summed E-state index contributed by atoms with van der Waals surface area (Å²) in [5, 5.41) is 6.29. The molecule has 0 aliphatic rings. The van der Waals surface area contributed by atoms with Crippen LogP contribution in [-0.2, 0) is 0 Å². The van der Waals surface area contributed by atoms with Crippen LogP contribution in [0.15, 0.2) is 22.7 Å². The summed E-state index contributed by atoms with van der Waals surface area (Å²) in [7, 11) is 1.61. The van der Waals surface area contributed by atoms with Gasteiger partial charge in [-0.15, -0.1) is 0 Å². The second-order valence-corrected chi connectivity index (χ2v) is 5.44. The fraction of sp³-hybridized carbons (Fsp3) is 0.308. The molecule has 8 heteroatoms. The molecule has 6 nitrogen and oxygen atoms in total. The third kappa shape index (κ3) is 4.71. The van der Waals surface area contributed by atoms with Crippen molar-refractivity contribution in [2.75, 3.05) is 24.3 Å². The molecule has 0 amide bonds. The molecule has 21 heavy (non-hydrogen) atoms. The summed E-state index contributed by atoms with van der Waals surface area (Å²) in [6.07, 6.45) is 0.967. The molecule has 0 aliphatic heterocycles. The molecular formula is C13H15BrClN5O. The number of methoxy groups -OCH3 is 1. The van der Waals surface area contributed by atoms with Crippen molar-refractivity contribution >= 4 is 45.1 Å². The zero-order valence-corrected chi connectivity index (χ0v) is 14.0. The molecule has 0 atom stereocenters. The number of anilines is 3. The molecule has 0 saturated carbocycles. The molecule has 0 unspecified atom stereocenters. The fourth-order valence-corrected chi connectivity index (χ4v) is 2.24. The fourth-order valence-electron chi connectivity index (χ4n) is 1.60. The molecule has 0 radical (unpaired) electrons. The van der Waals surface area contributed by atoms with Crippen LogP contribution in [0.5, 0.6) is 5.75 Å². The minimum absolute atomic E-state index is 0.132. The van der Waals surface area contributed by atoms with E-state index in [1.807, 2.05) is 18.2 Å². The van der Waals surface area contributed by atoms with Crippen LogP contribution in [0.4, 0.5) is 17.6 Å². The molecule has 2 N–H and O–H groups in total. The van der Waals surface area contributed by atoms with Crippen LogP contribution in [0.1, 0.15) is 13.3 Å². The summed E-state index contributed by atoms with van der Waals surface area (Å²) >= 11 is 9.33. The maximum atomic E-state index is 5.91. The van der Waals surface area contributed by atoms with Gasteiger partial charge in [-0.25, -0.2) is 0 Å². The van der Waals surface area contributed by atoms with Gasteiger partial charge in [0.1, 0.15) is 5.75 Å². The first kappa shape index (κ1) is 15.8. The van der Waals surface area contributed by atoms with Crippen molar-refractivity contribution in [1.82, 2.24) is 15.0 Å². The zero-order valence-electron chi connectivity index (χ0n) is 11.7. The van der Waals surface area contributed by atoms with E-state index in [-0.39, 0.29) is 5.28 Å². The molecule has 0 saturated heterocycles. The molecule has 2 rings (SSSR count). The quantitative estimate of drug-likeness (QED) is 0.802. The van der Waals surface area contributed by atoms with Crippen LogP contribution < -0.4 is 15.4 Å². The molecule has 0 fully saturated rings. The Kier molecular flexibility index (Phi) is 5.58. The summed E-state index contributed by atoms with van der Waals surface area (Å²) in [4.78, 5) is 12.3. The maximum Gasteiger partial charge on any atom is 0.233 e. The van der Waals surface area contributed by atoms with Gasteiger partial charge in [-0.3, -0.25) is 0 Å². The number of nitrogens with zero attached hydrogens (tertiary/aromatic N) is 3. The van der Waals surface area contributed by atoms with E-state index in [9.17, 15) is 0 Å². The number of hydrogen-bond acceptors (Lipinski definition) is 6. The van der Waals surface area contributed by atoms with Crippen molar-refractivity contribution < 1.29 is 4.74 Å². The number of halogens is 2. The third-order valence-electron chi connectivity index (χ3n) is 2.50. The first-order valence-corrected chi connectivity index (χ1v) is 7.55. The number of aromatic nitrogens is 3. The molecule has 112 valence electrons. The van der Waals surface area contributed by atoms with E-state index >= 15 is 0 Å². The van der Waals surface area contributed by atoms with E-state index < -0.39 is 0 Å². The number of ether oxygens (including phenoxy) is 1. The predicted octanol–water partition coefficient (Wildman–Crippen LogP) is 3.86. The van der Waals surface area contributed by atoms with E-state index in [1.165, 1.54) is 0 Å². The van der Waals surface area contributed by atoms with Gasteiger partial charge in [0.2, 0.25) is 17.2 Å². The van der Waals surface area contributed by atoms with Gasteiger partial charge in [-0.05, 0) is 30.2 Å². The van der Waals surface area contributed by atoms with Crippen molar-refractivity contribution in [3.8, 4) is 5.75 Å². The number of rotatable bonds is 6. The third-order valence-corrected chi connectivity index (χ3v) is 3.13. The Bertz CT molecular complexity index is 626. The molecule has 0 aliphatic carbocycles. The average Bonchev–Trinajstić information content (AvgIpc) is 2.43. The lowest BCUT2D eigenvalue weighted by molar-refractivity contribution is 0.415. The molecule has 1 heterocycles. The van der Waals surface area contributed by atoms with Gasteiger partial charge >= 0.3 is 0 Å². The van der Waals surface area contributed by atoms with E-state index in [0.29, 0.717) is 11.9 Å². The van der Waals surface area contributed by atoms with E-state index in [0.717, 1.165) is 28.9 Å². The number of hydrogen-bond donors (Lipinski definition) is 2. The molecule has 0 bridgehead atoms. The lowest BCUT2D eigenvalue weighted by Crippen LogP contribution is -2.07. The second-order valence-electron chi connectivity index (χ2n) is 4.18. The van der Waals surface area contributed by atoms with Crippen LogP contribution in [0.2, 0.25) is 5.28 Å². The van der Waals surface area contributed by atoms with Gasteiger partial charge in [0.15, 0.2) is 0 Å².